The predicted octanol–water partition coefficient (Wildman–Crippen LogP) is 4.05. The Kier molecular flexibility index (Phi) is 4.43. The van der Waals surface area contributed by atoms with Crippen molar-refractivity contribution in [2.75, 3.05) is 18.1 Å². The molecule has 0 bridgehead atoms. The third-order valence-electron chi connectivity index (χ3n) is 3.34. The van der Waals surface area contributed by atoms with Crippen LogP contribution in [-0.4, -0.2) is 17.8 Å². The highest BCUT2D eigenvalue weighted by Crippen LogP contribution is 2.43. The van der Waals surface area contributed by atoms with E-state index in [1.807, 2.05) is 0 Å². The van der Waals surface area contributed by atoms with E-state index in [2.05, 4.69) is 10.3 Å². The summed E-state index contributed by atoms with van der Waals surface area (Å²) < 4.78 is 40.5. The average Bonchev–Trinajstić information content (AvgIpc) is 2.42. The second-order valence-electron chi connectivity index (χ2n) is 5.04. The average molecular weight is 310 g/mol. The molecule has 0 saturated heterocycles. The molecule has 1 aromatic heterocycles. The molecule has 2 aromatic rings. The van der Waals surface area contributed by atoms with Crippen LogP contribution in [-0.2, 0) is 4.57 Å². The number of anilines is 2. The molecule has 0 aliphatic heterocycles. The molecule has 0 fully saturated rings. The smallest absolute Gasteiger partial charge is 0.154 e. The predicted molar refractivity (Wildman–Crippen MR) is 82.3 cm³/mol. The first-order valence-electron chi connectivity index (χ1n) is 6.59. The van der Waals surface area contributed by atoms with Crippen LogP contribution in [0.1, 0.15) is 12.5 Å². The minimum Gasteiger partial charge on any atom is -0.351 e. The maximum absolute atomic E-state index is 14.0. The van der Waals surface area contributed by atoms with Crippen LogP contribution in [0.5, 0.6) is 0 Å². The summed E-state index contributed by atoms with van der Waals surface area (Å²) in [6, 6.07) is 4.68. The van der Waals surface area contributed by atoms with Crippen molar-refractivity contribution < 1.29 is 13.3 Å². The van der Waals surface area contributed by atoms with Gasteiger partial charge in [0.25, 0.3) is 0 Å². The van der Waals surface area contributed by atoms with Gasteiger partial charge in [0.1, 0.15) is 13.0 Å². The van der Waals surface area contributed by atoms with Gasteiger partial charge in [0, 0.05) is 6.16 Å². The number of nitrogens with one attached hydrogen (secondary N) is 1. The minimum atomic E-state index is -2.86. The van der Waals surface area contributed by atoms with Crippen LogP contribution < -0.4 is 10.6 Å². The number of nitrogens with zero attached hydrogens (tertiary/aromatic N) is 1. The van der Waals surface area contributed by atoms with E-state index >= 15 is 0 Å². The fourth-order valence-electron chi connectivity index (χ4n) is 2.03. The SMILES string of the molecule is CCP(C)(=O)c1c(F)cncc1Nc1ccc(C)cc1F. The molecular formula is C15H17F2N2OP. The lowest BCUT2D eigenvalue weighted by molar-refractivity contribution is 0.581. The number of aromatic nitrogens is 1. The van der Waals surface area contributed by atoms with Gasteiger partial charge in [-0.25, -0.2) is 8.78 Å². The van der Waals surface area contributed by atoms with Gasteiger partial charge >= 0.3 is 0 Å². The molecule has 2 rings (SSSR count). The highest BCUT2D eigenvalue weighted by atomic mass is 31.2. The second kappa shape index (κ2) is 5.94. The number of hydrogen-bond donors (Lipinski definition) is 1. The largest absolute Gasteiger partial charge is 0.351 e. The van der Waals surface area contributed by atoms with Gasteiger partial charge in [0.15, 0.2) is 5.82 Å². The third kappa shape index (κ3) is 3.30. The molecule has 112 valence electrons. The van der Waals surface area contributed by atoms with E-state index in [4.69, 9.17) is 0 Å². The van der Waals surface area contributed by atoms with Gasteiger partial charge in [0.05, 0.1) is 29.1 Å². The molecule has 1 heterocycles. The zero-order valence-corrected chi connectivity index (χ0v) is 13.0. The Morgan fingerprint density at radius 1 is 1.19 bits per heavy atom. The van der Waals surface area contributed by atoms with E-state index in [0.717, 1.165) is 11.8 Å². The lowest BCUT2D eigenvalue weighted by Gasteiger charge is -2.17. The van der Waals surface area contributed by atoms with Crippen molar-refractivity contribution in [1.82, 2.24) is 4.98 Å². The molecule has 0 aliphatic carbocycles. The zero-order valence-electron chi connectivity index (χ0n) is 12.2. The second-order valence-corrected chi connectivity index (χ2v) is 8.32. The van der Waals surface area contributed by atoms with Gasteiger partial charge in [-0.2, -0.15) is 0 Å². The van der Waals surface area contributed by atoms with E-state index in [1.165, 1.54) is 18.9 Å². The van der Waals surface area contributed by atoms with Crippen LogP contribution in [0.3, 0.4) is 0 Å². The first-order valence-corrected chi connectivity index (χ1v) is 8.93. The summed E-state index contributed by atoms with van der Waals surface area (Å²) in [4.78, 5) is 3.76. The van der Waals surface area contributed by atoms with Gasteiger partial charge in [0.2, 0.25) is 0 Å². The van der Waals surface area contributed by atoms with Crippen molar-refractivity contribution in [2.45, 2.75) is 13.8 Å². The highest BCUT2D eigenvalue weighted by molar-refractivity contribution is 7.71. The van der Waals surface area contributed by atoms with E-state index in [0.29, 0.717) is 6.16 Å². The fraction of sp³-hybridized carbons (Fsp3) is 0.267. The number of benzene rings is 1. The lowest BCUT2D eigenvalue weighted by atomic mass is 10.2. The van der Waals surface area contributed by atoms with Gasteiger partial charge in [-0.1, -0.05) is 13.0 Å². The first kappa shape index (κ1) is 15.6. The molecule has 0 amide bonds. The van der Waals surface area contributed by atoms with Crippen molar-refractivity contribution in [2.24, 2.45) is 0 Å². The van der Waals surface area contributed by atoms with E-state index < -0.39 is 18.8 Å². The Morgan fingerprint density at radius 3 is 2.52 bits per heavy atom. The zero-order chi connectivity index (χ0) is 15.6. The molecule has 0 aliphatic rings. The molecule has 3 nitrogen and oxygen atoms in total. The topological polar surface area (TPSA) is 42.0 Å². The summed E-state index contributed by atoms with van der Waals surface area (Å²) in [7, 11) is -2.86. The summed E-state index contributed by atoms with van der Waals surface area (Å²) in [5.74, 6) is -1.09. The normalized spacial score (nSPS) is 13.8. The molecule has 21 heavy (non-hydrogen) atoms. The van der Waals surface area contributed by atoms with Crippen LogP contribution in [0.15, 0.2) is 30.6 Å². The maximum atomic E-state index is 14.0. The third-order valence-corrected chi connectivity index (χ3v) is 5.95. The van der Waals surface area contributed by atoms with Crippen LogP contribution in [0.25, 0.3) is 0 Å². The van der Waals surface area contributed by atoms with Crippen molar-refractivity contribution in [3.8, 4) is 0 Å². The van der Waals surface area contributed by atoms with Crippen molar-refractivity contribution in [3.05, 3.63) is 47.8 Å². The van der Waals surface area contributed by atoms with Crippen molar-refractivity contribution in [1.29, 1.82) is 0 Å². The van der Waals surface area contributed by atoms with Crippen molar-refractivity contribution in [3.63, 3.8) is 0 Å². The Balaban J connectivity index is 2.50. The number of rotatable bonds is 4. The molecule has 6 heteroatoms. The Morgan fingerprint density at radius 2 is 1.90 bits per heavy atom. The lowest BCUT2D eigenvalue weighted by Crippen LogP contribution is -2.16. The number of halogens is 2. The van der Waals surface area contributed by atoms with Gasteiger partial charge in [-0.15, -0.1) is 0 Å². The summed E-state index contributed by atoms with van der Waals surface area (Å²) in [5.41, 5.74) is 1.22. The standard InChI is InChI=1S/C15H17F2N2OP/c1-4-21(3,20)15-12(17)8-18-9-14(15)19-13-6-5-10(2)7-11(13)16/h5-9,19H,4H2,1-3H3. The molecule has 0 saturated carbocycles. The van der Waals surface area contributed by atoms with Gasteiger partial charge in [-0.3, -0.25) is 4.98 Å². The molecule has 1 atom stereocenters. The molecule has 1 N–H and O–H groups in total. The van der Waals surface area contributed by atoms with Gasteiger partial charge < -0.3 is 9.88 Å². The quantitative estimate of drug-likeness (QED) is 0.866. The summed E-state index contributed by atoms with van der Waals surface area (Å²) in [6.45, 7) is 5.03. The van der Waals surface area contributed by atoms with E-state index in [-0.39, 0.29) is 16.7 Å². The van der Waals surface area contributed by atoms with Crippen LogP contribution in [0.2, 0.25) is 0 Å². The van der Waals surface area contributed by atoms with Gasteiger partial charge in [-0.05, 0) is 31.3 Å². The first-order chi connectivity index (χ1) is 9.85. The Hall–Kier alpha value is -1.74. The molecule has 1 aromatic carbocycles. The summed E-state index contributed by atoms with van der Waals surface area (Å²) in [5, 5.41) is 2.88. The Labute approximate surface area is 122 Å². The van der Waals surface area contributed by atoms with Crippen molar-refractivity contribution >= 4 is 23.8 Å². The molecule has 1 unspecified atom stereocenters. The van der Waals surface area contributed by atoms with E-state index in [9.17, 15) is 13.3 Å². The number of aryl methyl sites for hydroxylation is 1. The highest BCUT2D eigenvalue weighted by Gasteiger charge is 2.25. The summed E-state index contributed by atoms with van der Waals surface area (Å²) >= 11 is 0. The van der Waals surface area contributed by atoms with Crippen LogP contribution in [0, 0.1) is 18.6 Å². The molecule has 0 spiro atoms. The van der Waals surface area contributed by atoms with E-state index in [1.54, 1.807) is 26.0 Å². The fourth-order valence-corrected chi connectivity index (χ4v) is 3.47. The Bertz CT molecular complexity index is 719. The number of hydrogen-bond acceptors (Lipinski definition) is 3. The monoisotopic (exact) mass is 310 g/mol. The van der Waals surface area contributed by atoms with Crippen LogP contribution in [0.4, 0.5) is 20.2 Å². The minimum absolute atomic E-state index is 0.0833. The van der Waals surface area contributed by atoms with Crippen LogP contribution >= 0.6 is 7.14 Å². The number of pyridine rings is 1. The maximum Gasteiger partial charge on any atom is 0.154 e. The summed E-state index contributed by atoms with van der Waals surface area (Å²) in [6.07, 6.45) is 2.71. The molecular weight excluding hydrogens is 293 g/mol. The molecule has 0 radical (unpaired) electrons.